The summed E-state index contributed by atoms with van der Waals surface area (Å²) in [4.78, 5) is 34.9. The third-order valence-electron chi connectivity index (χ3n) is 5.67. The molecular formula is C24H23N3O4S. The van der Waals surface area contributed by atoms with E-state index in [4.69, 9.17) is 9.47 Å². The molecule has 7 nitrogen and oxygen atoms in total. The Labute approximate surface area is 190 Å². The van der Waals surface area contributed by atoms with Gasteiger partial charge in [0.25, 0.3) is 11.8 Å². The highest BCUT2D eigenvalue weighted by Crippen LogP contribution is 2.32. The first kappa shape index (κ1) is 20.5. The Morgan fingerprint density at radius 2 is 1.59 bits per heavy atom. The molecule has 2 aliphatic rings. The van der Waals surface area contributed by atoms with E-state index in [0.29, 0.717) is 42.6 Å². The van der Waals surface area contributed by atoms with Crippen molar-refractivity contribution in [1.29, 1.82) is 0 Å². The maximum atomic E-state index is 13.1. The van der Waals surface area contributed by atoms with E-state index in [-0.39, 0.29) is 18.4 Å². The lowest BCUT2D eigenvalue weighted by Gasteiger charge is -2.37. The van der Waals surface area contributed by atoms with Gasteiger partial charge in [-0.3, -0.25) is 9.59 Å². The molecule has 0 spiro atoms. The van der Waals surface area contributed by atoms with E-state index < -0.39 is 6.10 Å². The third-order valence-corrected chi connectivity index (χ3v) is 6.87. The molecule has 0 unspecified atom stereocenters. The largest absolute Gasteiger partial charge is 0.485 e. The van der Waals surface area contributed by atoms with Crippen LogP contribution in [0.25, 0.3) is 10.6 Å². The molecule has 0 radical (unpaired) electrons. The van der Waals surface area contributed by atoms with Gasteiger partial charge in [0.15, 0.2) is 11.5 Å². The second-order valence-electron chi connectivity index (χ2n) is 7.78. The Balaban J connectivity index is 1.21. The topological polar surface area (TPSA) is 72.0 Å². The molecule has 2 aliphatic heterocycles. The van der Waals surface area contributed by atoms with Gasteiger partial charge in [-0.2, -0.15) is 0 Å². The zero-order valence-corrected chi connectivity index (χ0v) is 18.5. The fourth-order valence-electron chi connectivity index (χ4n) is 3.92. The van der Waals surface area contributed by atoms with Crippen molar-refractivity contribution in [2.45, 2.75) is 13.0 Å². The van der Waals surface area contributed by atoms with Crippen molar-refractivity contribution in [3.63, 3.8) is 0 Å². The van der Waals surface area contributed by atoms with Crippen LogP contribution in [0.15, 0.2) is 54.6 Å². The van der Waals surface area contributed by atoms with Crippen molar-refractivity contribution in [2.24, 2.45) is 0 Å². The van der Waals surface area contributed by atoms with Crippen molar-refractivity contribution in [3.05, 3.63) is 65.2 Å². The van der Waals surface area contributed by atoms with Crippen LogP contribution in [-0.4, -0.2) is 65.5 Å². The fourth-order valence-corrected chi connectivity index (χ4v) is 4.96. The molecule has 0 bridgehead atoms. The van der Waals surface area contributed by atoms with Gasteiger partial charge in [0.1, 0.15) is 16.5 Å². The highest BCUT2D eigenvalue weighted by molar-refractivity contribution is 7.17. The van der Waals surface area contributed by atoms with Crippen molar-refractivity contribution in [1.82, 2.24) is 14.8 Å². The van der Waals surface area contributed by atoms with Crippen LogP contribution in [0.2, 0.25) is 0 Å². The number of hydrogen-bond acceptors (Lipinski definition) is 6. The van der Waals surface area contributed by atoms with Crippen LogP contribution >= 0.6 is 11.3 Å². The summed E-state index contributed by atoms with van der Waals surface area (Å²) in [5, 5.41) is 0.843. The van der Waals surface area contributed by atoms with Gasteiger partial charge in [-0.1, -0.05) is 42.5 Å². The van der Waals surface area contributed by atoms with E-state index >= 15 is 0 Å². The molecule has 8 heteroatoms. The zero-order chi connectivity index (χ0) is 22.1. The Kier molecular flexibility index (Phi) is 5.53. The Bertz CT molecular complexity index is 1140. The minimum atomic E-state index is -0.663. The highest BCUT2D eigenvalue weighted by Gasteiger charge is 2.34. The van der Waals surface area contributed by atoms with E-state index in [1.165, 1.54) is 11.3 Å². The number of amides is 2. The van der Waals surface area contributed by atoms with Gasteiger partial charge in [0.2, 0.25) is 6.10 Å². The first-order valence-corrected chi connectivity index (χ1v) is 11.4. The summed E-state index contributed by atoms with van der Waals surface area (Å²) in [7, 11) is 0. The summed E-state index contributed by atoms with van der Waals surface area (Å²) in [5.41, 5.74) is 1.75. The van der Waals surface area contributed by atoms with Crippen molar-refractivity contribution in [2.75, 3.05) is 32.8 Å². The van der Waals surface area contributed by atoms with Crippen LogP contribution in [0.3, 0.4) is 0 Å². The number of hydrogen-bond donors (Lipinski definition) is 0. The predicted molar refractivity (Wildman–Crippen MR) is 121 cm³/mol. The van der Waals surface area contributed by atoms with Gasteiger partial charge in [-0.25, -0.2) is 4.98 Å². The maximum Gasteiger partial charge on any atom is 0.267 e. The van der Waals surface area contributed by atoms with Crippen molar-refractivity contribution in [3.8, 4) is 22.1 Å². The fraction of sp³-hybridized carbons (Fsp3) is 0.292. The van der Waals surface area contributed by atoms with Crippen LogP contribution in [0, 0.1) is 6.92 Å². The van der Waals surface area contributed by atoms with Gasteiger partial charge in [0, 0.05) is 31.7 Å². The number of ether oxygens (including phenoxy) is 2. The number of rotatable bonds is 3. The molecule has 1 aromatic heterocycles. The number of piperazine rings is 1. The number of carbonyl (C=O) groups excluding carboxylic acids is 2. The van der Waals surface area contributed by atoms with Gasteiger partial charge < -0.3 is 19.3 Å². The highest BCUT2D eigenvalue weighted by atomic mass is 32.1. The number of aryl methyl sites for hydroxylation is 1. The van der Waals surface area contributed by atoms with Gasteiger partial charge in [-0.05, 0) is 19.1 Å². The van der Waals surface area contributed by atoms with Crippen LogP contribution < -0.4 is 9.47 Å². The van der Waals surface area contributed by atoms with Gasteiger partial charge in [0.05, 0.1) is 5.69 Å². The predicted octanol–water partition coefficient (Wildman–Crippen LogP) is 3.24. The van der Waals surface area contributed by atoms with Crippen LogP contribution in [-0.2, 0) is 4.79 Å². The molecule has 1 atom stereocenters. The summed E-state index contributed by atoms with van der Waals surface area (Å²) in [6, 6.07) is 17.2. The molecule has 5 rings (SSSR count). The standard InChI is InChI=1S/C24H23N3O4S/c1-16-21(32-22(25-16)17-7-3-2-4-8-17)24(29)27-13-11-26(12-14-27)23(28)20-15-30-18-9-5-6-10-19(18)31-20/h2-10,20H,11-15H2,1H3/t20-/m1/s1. The summed E-state index contributed by atoms with van der Waals surface area (Å²) >= 11 is 1.42. The van der Waals surface area contributed by atoms with Crippen molar-refractivity contribution < 1.29 is 19.1 Å². The smallest absolute Gasteiger partial charge is 0.267 e. The van der Waals surface area contributed by atoms with Gasteiger partial charge in [-0.15, -0.1) is 11.3 Å². The molecule has 2 amide bonds. The van der Waals surface area contributed by atoms with E-state index in [9.17, 15) is 9.59 Å². The SMILES string of the molecule is Cc1nc(-c2ccccc2)sc1C(=O)N1CCN(C(=O)[C@H]2COc3ccccc3O2)CC1. The van der Waals surface area contributed by atoms with E-state index in [0.717, 1.165) is 16.3 Å². The number of benzene rings is 2. The zero-order valence-electron chi connectivity index (χ0n) is 17.7. The lowest BCUT2D eigenvalue weighted by atomic mass is 10.2. The van der Waals surface area contributed by atoms with Crippen LogP contribution in [0.1, 0.15) is 15.4 Å². The Morgan fingerprint density at radius 3 is 2.34 bits per heavy atom. The summed E-state index contributed by atoms with van der Waals surface area (Å²) in [6.45, 7) is 3.95. The first-order chi connectivity index (χ1) is 15.6. The molecule has 0 saturated carbocycles. The van der Waals surface area contributed by atoms with E-state index in [2.05, 4.69) is 4.98 Å². The molecule has 1 saturated heterocycles. The molecule has 32 heavy (non-hydrogen) atoms. The molecule has 1 fully saturated rings. The maximum absolute atomic E-state index is 13.1. The number of carbonyl (C=O) groups is 2. The minimum absolute atomic E-state index is 0.0274. The molecule has 0 aliphatic carbocycles. The number of thiazole rings is 1. The molecule has 2 aromatic carbocycles. The summed E-state index contributed by atoms with van der Waals surface area (Å²) in [6.07, 6.45) is -0.663. The number of nitrogens with zero attached hydrogens (tertiary/aromatic N) is 3. The number of aromatic nitrogens is 1. The number of fused-ring (bicyclic) bond motifs is 1. The van der Waals surface area contributed by atoms with Crippen molar-refractivity contribution >= 4 is 23.2 Å². The molecular weight excluding hydrogens is 426 g/mol. The normalized spacial score (nSPS) is 17.8. The summed E-state index contributed by atoms with van der Waals surface area (Å²) in [5.74, 6) is 1.11. The number of para-hydroxylation sites is 2. The lowest BCUT2D eigenvalue weighted by molar-refractivity contribution is -0.142. The third kappa shape index (κ3) is 3.93. The van der Waals surface area contributed by atoms with E-state index in [1.807, 2.05) is 55.5 Å². The first-order valence-electron chi connectivity index (χ1n) is 10.6. The van der Waals surface area contributed by atoms with Gasteiger partial charge >= 0.3 is 0 Å². The average Bonchev–Trinajstić information content (AvgIpc) is 3.25. The second kappa shape index (κ2) is 8.63. The van der Waals surface area contributed by atoms with Crippen LogP contribution in [0.5, 0.6) is 11.5 Å². The monoisotopic (exact) mass is 449 g/mol. The molecule has 3 aromatic rings. The summed E-state index contributed by atoms with van der Waals surface area (Å²) < 4.78 is 11.5. The lowest BCUT2D eigenvalue weighted by Crippen LogP contribution is -2.55. The second-order valence-corrected chi connectivity index (χ2v) is 8.78. The van der Waals surface area contributed by atoms with E-state index in [1.54, 1.807) is 15.9 Å². The Hall–Kier alpha value is -3.39. The molecule has 3 heterocycles. The molecule has 0 N–H and O–H groups in total. The average molecular weight is 450 g/mol. The minimum Gasteiger partial charge on any atom is -0.485 e. The quantitative estimate of drug-likeness (QED) is 0.614. The Morgan fingerprint density at radius 1 is 0.938 bits per heavy atom. The van der Waals surface area contributed by atoms with Crippen LogP contribution in [0.4, 0.5) is 0 Å². The molecule has 164 valence electrons.